The van der Waals surface area contributed by atoms with Gasteiger partial charge in [-0.3, -0.25) is 9.56 Å². The van der Waals surface area contributed by atoms with E-state index in [1.54, 1.807) is 28.8 Å². The molecule has 206 valence electrons. The largest absolute Gasteiger partial charge is 0.370 e. The van der Waals surface area contributed by atoms with Gasteiger partial charge < -0.3 is 20.9 Å². The van der Waals surface area contributed by atoms with Gasteiger partial charge in [-0.25, -0.2) is 17.9 Å². The van der Waals surface area contributed by atoms with Crippen molar-refractivity contribution in [1.82, 2.24) is 29.5 Å². The number of H-pyrrole nitrogens is 1. The maximum Gasteiger partial charge on any atom is 0.349 e. The molecule has 11 nitrogen and oxygen atoms in total. The summed E-state index contributed by atoms with van der Waals surface area (Å²) in [4.78, 5) is 26.6. The second-order valence-electron chi connectivity index (χ2n) is 9.78. The number of nitrogens with one attached hydrogen (secondary N) is 3. The number of sulfonamides is 1. The molecule has 0 saturated heterocycles. The second kappa shape index (κ2) is 12.5. The first-order valence-corrected chi connectivity index (χ1v) is 14.7. The van der Waals surface area contributed by atoms with Gasteiger partial charge in [-0.05, 0) is 76.4 Å². The van der Waals surface area contributed by atoms with Crippen molar-refractivity contribution in [2.45, 2.75) is 56.5 Å². The predicted molar refractivity (Wildman–Crippen MR) is 151 cm³/mol. The van der Waals surface area contributed by atoms with E-state index >= 15 is 0 Å². The van der Waals surface area contributed by atoms with Crippen molar-refractivity contribution in [3.05, 3.63) is 47.0 Å². The fourth-order valence-corrected chi connectivity index (χ4v) is 5.85. The van der Waals surface area contributed by atoms with Gasteiger partial charge in [0.15, 0.2) is 5.96 Å². The zero-order chi connectivity index (χ0) is 27.1. The van der Waals surface area contributed by atoms with Crippen molar-refractivity contribution in [2.24, 2.45) is 10.7 Å². The Labute approximate surface area is 223 Å². The van der Waals surface area contributed by atoms with Crippen LogP contribution in [0.4, 0.5) is 0 Å². The molecule has 2 aromatic heterocycles. The van der Waals surface area contributed by atoms with Crippen LogP contribution in [0.2, 0.25) is 0 Å². The number of rotatable bonds is 13. The van der Waals surface area contributed by atoms with Crippen LogP contribution in [0.3, 0.4) is 0 Å². The Kier molecular flexibility index (Phi) is 9.18. The number of fused-ring (bicyclic) bond motifs is 1. The summed E-state index contributed by atoms with van der Waals surface area (Å²) in [5.74, 6) is 0.632. The molecule has 0 spiro atoms. The molecule has 0 radical (unpaired) electrons. The predicted octanol–water partition coefficient (Wildman–Crippen LogP) is 1.86. The molecule has 3 heterocycles. The molecule has 0 bridgehead atoms. The molecule has 0 fully saturated rings. The van der Waals surface area contributed by atoms with Gasteiger partial charge in [0.05, 0.1) is 4.90 Å². The van der Waals surface area contributed by atoms with E-state index < -0.39 is 10.0 Å². The molecule has 3 aromatic rings. The summed E-state index contributed by atoms with van der Waals surface area (Å²) in [6.45, 7) is 5.82. The first-order chi connectivity index (χ1) is 18.3. The average molecular weight is 543 g/mol. The quantitative estimate of drug-likeness (QED) is 0.241. The van der Waals surface area contributed by atoms with Crippen LogP contribution >= 0.6 is 0 Å². The number of hydrogen-bond acceptors (Lipinski definition) is 8. The number of guanidine groups is 1. The molecule has 1 aliphatic rings. The van der Waals surface area contributed by atoms with E-state index in [0.29, 0.717) is 24.6 Å². The maximum atomic E-state index is 12.7. The van der Waals surface area contributed by atoms with Gasteiger partial charge in [-0.1, -0.05) is 12.1 Å². The Hall–Kier alpha value is -3.22. The van der Waals surface area contributed by atoms with Gasteiger partial charge in [0.2, 0.25) is 10.0 Å². The summed E-state index contributed by atoms with van der Waals surface area (Å²) in [5, 5.41) is 3.85. The Bertz CT molecular complexity index is 1410. The maximum absolute atomic E-state index is 12.7. The number of aromatic amines is 1. The molecule has 1 unspecified atom stereocenters. The number of unbranched alkanes of at least 4 members (excludes halogenated alkanes) is 2. The van der Waals surface area contributed by atoms with E-state index in [1.165, 1.54) is 0 Å². The lowest BCUT2D eigenvalue weighted by molar-refractivity contribution is 0.374. The summed E-state index contributed by atoms with van der Waals surface area (Å²) < 4.78 is 29.7. The Morgan fingerprint density at radius 2 is 1.92 bits per heavy atom. The Balaban J connectivity index is 1.37. The first-order valence-electron chi connectivity index (χ1n) is 13.2. The van der Waals surface area contributed by atoms with Crippen molar-refractivity contribution in [3.8, 4) is 11.3 Å². The minimum atomic E-state index is -3.61. The lowest BCUT2D eigenvalue weighted by atomic mass is 10.1. The van der Waals surface area contributed by atoms with E-state index in [1.807, 2.05) is 26.2 Å². The van der Waals surface area contributed by atoms with Crippen molar-refractivity contribution in [1.29, 1.82) is 0 Å². The summed E-state index contributed by atoms with van der Waals surface area (Å²) >= 11 is 0. The van der Waals surface area contributed by atoms with Gasteiger partial charge in [-0.15, -0.1) is 0 Å². The highest BCUT2D eigenvalue weighted by Crippen LogP contribution is 2.24. The molecule has 1 atom stereocenters. The highest BCUT2D eigenvalue weighted by Gasteiger charge is 2.17. The van der Waals surface area contributed by atoms with Crippen LogP contribution in [0, 0.1) is 0 Å². The molecule has 1 aliphatic heterocycles. The molecular weight excluding hydrogens is 504 g/mol. The Morgan fingerprint density at radius 1 is 1.16 bits per heavy atom. The van der Waals surface area contributed by atoms with Crippen molar-refractivity contribution < 1.29 is 8.42 Å². The zero-order valence-corrected chi connectivity index (χ0v) is 22.9. The summed E-state index contributed by atoms with van der Waals surface area (Å²) in [6, 6.07) is 8.43. The first kappa shape index (κ1) is 27.8. The van der Waals surface area contributed by atoms with Gasteiger partial charge in [0.1, 0.15) is 5.65 Å². The minimum Gasteiger partial charge on any atom is -0.370 e. The van der Waals surface area contributed by atoms with E-state index in [2.05, 4.69) is 29.9 Å². The highest BCUT2D eigenvalue weighted by atomic mass is 32.2. The van der Waals surface area contributed by atoms with E-state index in [9.17, 15) is 13.2 Å². The monoisotopic (exact) mass is 542 g/mol. The van der Waals surface area contributed by atoms with E-state index in [4.69, 9.17) is 5.73 Å². The molecule has 5 N–H and O–H groups in total. The number of benzene rings is 1. The topological polar surface area (TPSA) is 150 Å². The van der Waals surface area contributed by atoms with Crippen LogP contribution in [-0.4, -0.2) is 73.1 Å². The number of hydrogen-bond donors (Lipinski definition) is 4. The Morgan fingerprint density at radius 3 is 2.66 bits per heavy atom. The van der Waals surface area contributed by atoms with Crippen LogP contribution in [0.25, 0.3) is 22.3 Å². The molecule has 0 saturated carbocycles. The SMILES string of the molecule is CNCCC(C)NS(=O)(=O)c1ccc(-c2cc3cn(CCCCCN4CCCN=C4N)c(=O)nc3[nH]2)cc1. The fourth-order valence-electron chi connectivity index (χ4n) is 4.57. The van der Waals surface area contributed by atoms with E-state index in [0.717, 1.165) is 68.5 Å². The van der Waals surface area contributed by atoms with Crippen LogP contribution in [-0.2, 0) is 16.6 Å². The number of nitrogens with zero attached hydrogens (tertiary/aromatic N) is 4. The normalized spacial score (nSPS) is 15.1. The molecule has 38 heavy (non-hydrogen) atoms. The lowest BCUT2D eigenvalue weighted by Crippen LogP contribution is -2.41. The third-order valence-electron chi connectivity index (χ3n) is 6.74. The molecule has 0 aliphatic carbocycles. The molecular formula is C26H38N8O3S. The average Bonchev–Trinajstić information content (AvgIpc) is 3.31. The summed E-state index contributed by atoms with van der Waals surface area (Å²) in [5.41, 5.74) is 7.74. The second-order valence-corrected chi connectivity index (χ2v) is 11.5. The van der Waals surface area contributed by atoms with Crippen LogP contribution in [0.5, 0.6) is 0 Å². The molecule has 1 aromatic carbocycles. The summed E-state index contributed by atoms with van der Waals surface area (Å²) in [6.07, 6.45) is 6.40. The fraction of sp³-hybridized carbons (Fsp3) is 0.500. The van der Waals surface area contributed by atoms with Gasteiger partial charge >= 0.3 is 5.69 Å². The van der Waals surface area contributed by atoms with Crippen LogP contribution in [0.1, 0.15) is 39.0 Å². The van der Waals surface area contributed by atoms with Crippen molar-refractivity contribution in [2.75, 3.05) is 33.2 Å². The number of nitrogens with two attached hydrogens (primary N) is 1. The highest BCUT2D eigenvalue weighted by molar-refractivity contribution is 7.89. The van der Waals surface area contributed by atoms with Gasteiger partial charge in [0.25, 0.3) is 0 Å². The standard InChI is InChI=1S/C26H38N8O3S/c1-19(11-13-28-2)32-38(36,37)22-9-7-20(8-10-22)23-17-21-18-34(26(35)31-24(21)30-23)15-5-3-4-14-33-16-6-12-29-25(33)27/h7-10,17-19,28,32H,3-6,11-16H2,1-2H3,(H2,27,29)(H,30,31,35). The van der Waals surface area contributed by atoms with Crippen molar-refractivity contribution >= 4 is 27.0 Å². The number of aryl methyl sites for hydroxylation is 1. The smallest absolute Gasteiger partial charge is 0.349 e. The third-order valence-corrected chi connectivity index (χ3v) is 8.35. The van der Waals surface area contributed by atoms with Crippen LogP contribution < -0.4 is 21.5 Å². The van der Waals surface area contributed by atoms with E-state index in [-0.39, 0.29) is 16.6 Å². The van der Waals surface area contributed by atoms with Gasteiger partial charge in [-0.2, -0.15) is 4.98 Å². The number of aromatic nitrogens is 3. The molecule has 12 heteroatoms. The zero-order valence-electron chi connectivity index (χ0n) is 22.1. The van der Waals surface area contributed by atoms with Crippen molar-refractivity contribution in [3.63, 3.8) is 0 Å². The number of aliphatic imine (C=N–C) groups is 1. The van der Waals surface area contributed by atoms with Crippen LogP contribution in [0.15, 0.2) is 51.2 Å². The van der Waals surface area contributed by atoms with Gasteiger partial charge in [0, 0.05) is 49.5 Å². The molecule has 4 rings (SSSR count). The minimum absolute atomic E-state index is 0.178. The molecule has 0 amide bonds. The third kappa shape index (κ3) is 7.00. The summed E-state index contributed by atoms with van der Waals surface area (Å²) in [7, 11) is -1.77. The lowest BCUT2D eigenvalue weighted by Gasteiger charge is -2.26.